The summed E-state index contributed by atoms with van der Waals surface area (Å²) in [5.74, 6) is 0.880. The maximum atomic E-state index is 6.08. The van der Waals surface area contributed by atoms with E-state index in [0.29, 0.717) is 6.10 Å². The third-order valence-corrected chi connectivity index (χ3v) is 4.96. The fourth-order valence-electron chi connectivity index (χ4n) is 3.54. The molecule has 3 heteroatoms. The molecule has 0 aromatic rings. The molecular formula is C14H28N2O. The molecule has 2 rings (SSSR count). The molecule has 3 nitrogen and oxygen atoms in total. The van der Waals surface area contributed by atoms with Crippen LogP contribution in [-0.4, -0.2) is 43.3 Å². The SMILES string of the molecule is CCC1CCC(CN)(N(C)CC2CCCO2)C1. The lowest BCUT2D eigenvalue weighted by Gasteiger charge is -2.39. The van der Waals surface area contributed by atoms with Crippen LogP contribution in [0.25, 0.3) is 0 Å². The highest BCUT2D eigenvalue weighted by Crippen LogP contribution is 2.39. The van der Waals surface area contributed by atoms with Gasteiger partial charge in [0.05, 0.1) is 6.10 Å². The second-order valence-electron chi connectivity index (χ2n) is 5.96. The first-order valence-corrected chi connectivity index (χ1v) is 7.23. The highest BCUT2D eigenvalue weighted by molar-refractivity contribution is 4.98. The third-order valence-electron chi connectivity index (χ3n) is 4.96. The van der Waals surface area contributed by atoms with Crippen LogP contribution in [0.3, 0.4) is 0 Å². The lowest BCUT2D eigenvalue weighted by molar-refractivity contribution is 0.0375. The Morgan fingerprint density at radius 2 is 2.24 bits per heavy atom. The molecule has 0 aromatic carbocycles. The van der Waals surface area contributed by atoms with Gasteiger partial charge < -0.3 is 10.5 Å². The van der Waals surface area contributed by atoms with Crippen LogP contribution < -0.4 is 5.73 Å². The first kappa shape index (κ1) is 13.3. The Labute approximate surface area is 106 Å². The van der Waals surface area contributed by atoms with Crippen molar-refractivity contribution in [3.05, 3.63) is 0 Å². The molecule has 1 saturated carbocycles. The number of nitrogens with zero attached hydrogens (tertiary/aromatic N) is 1. The molecule has 1 saturated heterocycles. The van der Waals surface area contributed by atoms with Gasteiger partial charge in [0.2, 0.25) is 0 Å². The average molecular weight is 240 g/mol. The topological polar surface area (TPSA) is 38.5 Å². The molecule has 1 aliphatic heterocycles. The zero-order valence-corrected chi connectivity index (χ0v) is 11.5. The number of hydrogen-bond acceptors (Lipinski definition) is 3. The molecular weight excluding hydrogens is 212 g/mol. The summed E-state index contributed by atoms with van der Waals surface area (Å²) >= 11 is 0. The predicted molar refractivity (Wildman–Crippen MR) is 71.0 cm³/mol. The zero-order valence-electron chi connectivity index (χ0n) is 11.5. The highest BCUT2D eigenvalue weighted by Gasteiger charge is 2.41. The second kappa shape index (κ2) is 5.68. The standard InChI is InChI=1S/C14H28N2O/c1-3-12-6-7-14(9-12,11-15)16(2)10-13-5-4-8-17-13/h12-13H,3-11,15H2,1-2H3. The maximum Gasteiger partial charge on any atom is 0.0702 e. The number of ether oxygens (including phenoxy) is 1. The van der Waals surface area contributed by atoms with Crippen molar-refractivity contribution < 1.29 is 4.74 Å². The molecule has 0 spiro atoms. The van der Waals surface area contributed by atoms with Crippen LogP contribution in [0.2, 0.25) is 0 Å². The minimum Gasteiger partial charge on any atom is -0.377 e. The largest absolute Gasteiger partial charge is 0.377 e. The zero-order chi connectivity index (χ0) is 12.3. The van der Waals surface area contributed by atoms with Crippen LogP contribution in [0.1, 0.15) is 45.4 Å². The van der Waals surface area contributed by atoms with Gasteiger partial charge in [-0.2, -0.15) is 0 Å². The summed E-state index contributed by atoms with van der Waals surface area (Å²) in [5.41, 5.74) is 6.33. The summed E-state index contributed by atoms with van der Waals surface area (Å²) in [6, 6.07) is 0. The summed E-state index contributed by atoms with van der Waals surface area (Å²) in [6.45, 7) is 5.11. The van der Waals surface area contributed by atoms with Crippen molar-refractivity contribution in [2.24, 2.45) is 11.7 Å². The Kier molecular flexibility index (Phi) is 4.45. The van der Waals surface area contributed by atoms with Crippen LogP contribution in [-0.2, 0) is 4.74 Å². The number of hydrogen-bond donors (Lipinski definition) is 1. The van der Waals surface area contributed by atoms with Gasteiger partial charge in [0.1, 0.15) is 0 Å². The fourth-order valence-corrected chi connectivity index (χ4v) is 3.54. The Hall–Kier alpha value is -0.120. The molecule has 3 unspecified atom stereocenters. The van der Waals surface area contributed by atoms with E-state index < -0.39 is 0 Å². The summed E-state index contributed by atoms with van der Waals surface area (Å²) in [4.78, 5) is 2.50. The van der Waals surface area contributed by atoms with E-state index >= 15 is 0 Å². The average Bonchev–Trinajstić information content (AvgIpc) is 2.97. The van der Waals surface area contributed by atoms with Gasteiger partial charge in [-0.3, -0.25) is 4.90 Å². The van der Waals surface area contributed by atoms with Gasteiger partial charge in [-0.15, -0.1) is 0 Å². The minimum atomic E-state index is 0.257. The molecule has 0 aromatic heterocycles. The lowest BCUT2D eigenvalue weighted by atomic mass is 9.93. The quantitative estimate of drug-likeness (QED) is 0.799. The molecule has 1 aliphatic carbocycles. The van der Waals surface area contributed by atoms with E-state index in [1.54, 1.807) is 0 Å². The van der Waals surface area contributed by atoms with Crippen LogP contribution in [0.15, 0.2) is 0 Å². The third kappa shape index (κ3) is 2.83. The van der Waals surface area contributed by atoms with Crippen molar-refractivity contribution in [2.75, 3.05) is 26.7 Å². The monoisotopic (exact) mass is 240 g/mol. The van der Waals surface area contributed by atoms with Crippen LogP contribution in [0.4, 0.5) is 0 Å². The minimum absolute atomic E-state index is 0.257. The van der Waals surface area contributed by atoms with E-state index in [-0.39, 0.29) is 5.54 Å². The molecule has 2 fully saturated rings. The number of likely N-dealkylation sites (N-methyl/N-ethyl adjacent to an activating group) is 1. The van der Waals surface area contributed by atoms with Crippen LogP contribution in [0, 0.1) is 5.92 Å². The second-order valence-corrected chi connectivity index (χ2v) is 5.96. The predicted octanol–water partition coefficient (Wildman–Crippen LogP) is 2.00. The van der Waals surface area contributed by atoms with Crippen molar-refractivity contribution in [2.45, 2.75) is 57.1 Å². The summed E-state index contributed by atoms with van der Waals surface area (Å²) in [5, 5.41) is 0. The molecule has 0 amide bonds. The summed E-state index contributed by atoms with van der Waals surface area (Å²) in [6.07, 6.45) is 8.10. The van der Waals surface area contributed by atoms with E-state index in [1.165, 1.54) is 38.5 Å². The van der Waals surface area contributed by atoms with Crippen molar-refractivity contribution in [3.63, 3.8) is 0 Å². The van der Waals surface area contributed by atoms with Gasteiger partial charge in [0.25, 0.3) is 0 Å². The van der Waals surface area contributed by atoms with Crippen molar-refractivity contribution in [1.29, 1.82) is 0 Å². The van der Waals surface area contributed by atoms with E-state index in [0.717, 1.165) is 25.6 Å². The molecule has 2 N–H and O–H groups in total. The Morgan fingerprint density at radius 1 is 1.41 bits per heavy atom. The van der Waals surface area contributed by atoms with Gasteiger partial charge in [0.15, 0.2) is 0 Å². The van der Waals surface area contributed by atoms with Crippen LogP contribution in [0.5, 0.6) is 0 Å². The van der Waals surface area contributed by atoms with E-state index in [2.05, 4.69) is 18.9 Å². The first-order chi connectivity index (χ1) is 8.20. The van der Waals surface area contributed by atoms with E-state index in [4.69, 9.17) is 10.5 Å². The van der Waals surface area contributed by atoms with Crippen molar-refractivity contribution in [1.82, 2.24) is 4.90 Å². The summed E-state index contributed by atoms with van der Waals surface area (Å²) < 4.78 is 5.74. The maximum absolute atomic E-state index is 6.08. The van der Waals surface area contributed by atoms with Gasteiger partial charge in [-0.05, 0) is 45.1 Å². The molecule has 0 radical (unpaired) electrons. The van der Waals surface area contributed by atoms with Gasteiger partial charge in [0, 0.05) is 25.2 Å². The van der Waals surface area contributed by atoms with Gasteiger partial charge >= 0.3 is 0 Å². The van der Waals surface area contributed by atoms with Crippen LogP contribution >= 0.6 is 0 Å². The fraction of sp³-hybridized carbons (Fsp3) is 1.00. The number of rotatable bonds is 5. The van der Waals surface area contributed by atoms with Crippen molar-refractivity contribution >= 4 is 0 Å². The normalized spacial score (nSPS) is 38.1. The number of nitrogens with two attached hydrogens (primary N) is 1. The van der Waals surface area contributed by atoms with Crippen molar-refractivity contribution in [3.8, 4) is 0 Å². The molecule has 2 aliphatic rings. The van der Waals surface area contributed by atoms with E-state index in [1.807, 2.05) is 0 Å². The van der Waals surface area contributed by atoms with Gasteiger partial charge in [-0.25, -0.2) is 0 Å². The molecule has 1 heterocycles. The molecule has 100 valence electrons. The van der Waals surface area contributed by atoms with Gasteiger partial charge in [-0.1, -0.05) is 13.3 Å². The highest BCUT2D eigenvalue weighted by atomic mass is 16.5. The Balaban J connectivity index is 1.92. The summed E-state index contributed by atoms with van der Waals surface area (Å²) in [7, 11) is 2.24. The molecule has 0 bridgehead atoms. The molecule has 3 atom stereocenters. The first-order valence-electron chi connectivity index (χ1n) is 7.23. The lowest BCUT2D eigenvalue weighted by Crippen LogP contribution is -2.52. The smallest absolute Gasteiger partial charge is 0.0702 e. The Morgan fingerprint density at radius 3 is 2.76 bits per heavy atom. The van der Waals surface area contributed by atoms with E-state index in [9.17, 15) is 0 Å². The molecule has 17 heavy (non-hydrogen) atoms. The Bertz CT molecular complexity index is 240.